The lowest BCUT2D eigenvalue weighted by Crippen LogP contribution is -3.06. The van der Waals surface area contributed by atoms with Crippen LogP contribution in [0.2, 0.25) is 0 Å². The fourth-order valence-electron chi connectivity index (χ4n) is 2.74. The van der Waals surface area contributed by atoms with Crippen molar-refractivity contribution in [2.75, 3.05) is 13.2 Å². The second-order valence-corrected chi connectivity index (χ2v) is 6.19. The largest absolute Gasteiger partial charge is 0.601 e. The van der Waals surface area contributed by atoms with Gasteiger partial charge in [0.15, 0.2) is 12.7 Å². The summed E-state index contributed by atoms with van der Waals surface area (Å²) in [6, 6.07) is 3.20. The van der Waals surface area contributed by atoms with Crippen LogP contribution < -0.4 is 15.8 Å². The maximum atomic E-state index is 13.5. The number of alkyl halides is 3. The highest BCUT2D eigenvalue weighted by Gasteiger charge is 2.49. The summed E-state index contributed by atoms with van der Waals surface area (Å²) in [5.41, 5.74) is 0.695. The molecule has 0 aliphatic carbocycles. The van der Waals surface area contributed by atoms with Crippen LogP contribution in [0, 0.1) is 19.1 Å². The van der Waals surface area contributed by atoms with Gasteiger partial charge in [-0.1, -0.05) is 11.6 Å². The van der Waals surface area contributed by atoms with E-state index < -0.39 is 48.5 Å². The molecular weight excluding hydrogens is 405 g/mol. The number of carbonyl (C=O) groups excluding carboxylic acids is 1. The zero-order valence-corrected chi connectivity index (χ0v) is 15.4. The number of rotatable bonds is 8. The first kappa shape index (κ1) is 23.0. The fraction of sp³-hybridized carbons (Fsp3) is 0.438. The van der Waals surface area contributed by atoms with Crippen LogP contribution in [0.25, 0.3) is 6.08 Å². The zero-order valence-electron chi connectivity index (χ0n) is 15.4. The molecule has 13 heteroatoms. The Bertz CT molecular complexity index is 769. The summed E-state index contributed by atoms with van der Waals surface area (Å²) in [6.45, 7) is 2.05. The molecule has 0 saturated heterocycles. The van der Waals surface area contributed by atoms with Crippen molar-refractivity contribution in [3.63, 3.8) is 0 Å². The zero-order chi connectivity index (χ0) is 21.8. The average molecular weight is 425 g/mol. The Kier molecular flexibility index (Phi) is 7.54. The monoisotopic (exact) mass is 425 g/mol. The Balaban J connectivity index is 2.32. The van der Waals surface area contributed by atoms with Crippen LogP contribution >= 0.6 is 0 Å². The fourth-order valence-corrected chi connectivity index (χ4v) is 2.74. The normalized spacial score (nSPS) is 17.4. The number of esters is 1. The number of nitrogens with one attached hydrogen (secondary N) is 1. The van der Waals surface area contributed by atoms with Crippen LogP contribution in [-0.4, -0.2) is 48.0 Å². The van der Waals surface area contributed by atoms with Gasteiger partial charge >= 0.3 is 12.1 Å². The van der Waals surface area contributed by atoms with Gasteiger partial charge in [0.2, 0.25) is 6.10 Å². The predicted octanol–water partition coefficient (Wildman–Crippen LogP) is -0.490. The SMILES string of the molecule is Cc1cc(C)c2c(c1)C=C(C(=O)OC(CO[NH2+][O-])CO[NH+](O)O)[C@@H](C(F)(F)F)O2. The van der Waals surface area contributed by atoms with E-state index in [1.54, 1.807) is 26.0 Å². The first-order valence-corrected chi connectivity index (χ1v) is 8.23. The van der Waals surface area contributed by atoms with E-state index in [2.05, 4.69) is 9.68 Å². The summed E-state index contributed by atoms with van der Waals surface area (Å²) < 4.78 is 50.5. The molecule has 1 aliphatic heterocycles. The lowest BCUT2D eigenvalue weighted by atomic mass is 9.97. The van der Waals surface area contributed by atoms with Crippen LogP contribution in [0.5, 0.6) is 5.75 Å². The minimum Gasteiger partial charge on any atom is -0.601 e. The average Bonchev–Trinajstić information content (AvgIpc) is 2.61. The van der Waals surface area contributed by atoms with Gasteiger partial charge in [0, 0.05) is 5.56 Å². The van der Waals surface area contributed by atoms with Gasteiger partial charge in [0.05, 0.1) is 11.0 Å². The smallest absolute Gasteiger partial charge is 0.430 e. The molecule has 1 aromatic carbocycles. The summed E-state index contributed by atoms with van der Waals surface area (Å²) in [6.07, 6.45) is -7.87. The van der Waals surface area contributed by atoms with Crippen LogP contribution in [0.15, 0.2) is 17.7 Å². The Labute approximate surface area is 162 Å². The van der Waals surface area contributed by atoms with Crippen molar-refractivity contribution in [3.8, 4) is 5.75 Å². The molecule has 1 unspecified atom stereocenters. The standard InChI is InChI=1S/C16H20F3N2O8/c1-8-3-9(2)13-10(4-8)5-12(14(29-13)16(17,18)19)15(22)28-11(6-26-20-23)7-27-21(24)25/h3-5,11,14,21,24-25H,6-7,20H2,1-2H3/q+1/t11?,14-/m0/s1. The summed E-state index contributed by atoms with van der Waals surface area (Å²) in [5, 5.41) is 26.2. The van der Waals surface area contributed by atoms with Crippen molar-refractivity contribution < 1.29 is 58.6 Å². The van der Waals surface area contributed by atoms with Crippen LogP contribution in [-0.2, 0) is 19.2 Å². The van der Waals surface area contributed by atoms with Crippen molar-refractivity contribution in [3.05, 3.63) is 39.6 Å². The number of nitrogens with two attached hydrogens (primary N) is 1. The van der Waals surface area contributed by atoms with Gasteiger partial charge in [-0.2, -0.15) is 13.2 Å². The van der Waals surface area contributed by atoms with Crippen molar-refractivity contribution in [2.45, 2.75) is 32.2 Å². The lowest BCUT2D eigenvalue weighted by Gasteiger charge is -2.29. The highest BCUT2D eigenvalue weighted by Crippen LogP contribution is 2.39. The van der Waals surface area contributed by atoms with Gasteiger partial charge < -0.3 is 14.7 Å². The minimum atomic E-state index is -4.91. The molecule has 1 heterocycles. The Hall–Kier alpha value is -2.26. The topological polar surface area (TPSA) is 139 Å². The number of halogens is 3. The Morgan fingerprint density at radius 1 is 1.34 bits per heavy atom. The van der Waals surface area contributed by atoms with Crippen LogP contribution in [0.1, 0.15) is 16.7 Å². The van der Waals surface area contributed by atoms with Crippen LogP contribution in [0.4, 0.5) is 13.2 Å². The third kappa shape index (κ3) is 6.11. The predicted molar refractivity (Wildman–Crippen MR) is 86.0 cm³/mol. The lowest BCUT2D eigenvalue weighted by molar-refractivity contribution is -1.37. The van der Waals surface area contributed by atoms with Gasteiger partial charge in [-0.3, -0.25) is 0 Å². The summed E-state index contributed by atoms with van der Waals surface area (Å²) in [7, 11) is 0. The highest BCUT2D eigenvalue weighted by molar-refractivity contribution is 5.96. The van der Waals surface area contributed by atoms with E-state index in [1.807, 2.05) is 0 Å². The van der Waals surface area contributed by atoms with E-state index in [0.717, 1.165) is 11.6 Å². The number of ether oxygens (including phenoxy) is 2. The molecule has 1 aromatic rings. The number of fused-ring (bicyclic) bond motifs is 1. The maximum Gasteiger partial charge on any atom is 0.430 e. The number of quaternary nitrogens is 2. The highest BCUT2D eigenvalue weighted by atomic mass is 19.4. The van der Waals surface area contributed by atoms with Gasteiger partial charge in [-0.25, -0.2) is 15.3 Å². The van der Waals surface area contributed by atoms with Gasteiger partial charge in [-0.15, -0.1) is 15.3 Å². The van der Waals surface area contributed by atoms with Crippen molar-refractivity contribution in [2.24, 2.45) is 0 Å². The van der Waals surface area contributed by atoms with E-state index in [1.165, 1.54) is 0 Å². The molecule has 0 amide bonds. The van der Waals surface area contributed by atoms with E-state index in [9.17, 15) is 23.2 Å². The molecule has 0 fully saturated rings. The molecule has 29 heavy (non-hydrogen) atoms. The molecule has 0 saturated carbocycles. The first-order valence-electron chi connectivity index (χ1n) is 8.23. The number of benzene rings is 1. The molecule has 1 aliphatic rings. The molecule has 0 spiro atoms. The second kappa shape index (κ2) is 9.49. The quantitative estimate of drug-likeness (QED) is 0.323. The summed E-state index contributed by atoms with van der Waals surface area (Å²) >= 11 is 0. The Morgan fingerprint density at radius 3 is 2.62 bits per heavy atom. The number of hydrogen-bond donors (Lipinski definition) is 4. The van der Waals surface area contributed by atoms with E-state index in [-0.39, 0.29) is 17.0 Å². The van der Waals surface area contributed by atoms with Crippen molar-refractivity contribution in [1.29, 1.82) is 0 Å². The maximum absolute atomic E-state index is 13.5. The van der Waals surface area contributed by atoms with Crippen molar-refractivity contribution in [1.82, 2.24) is 0 Å². The molecule has 162 valence electrons. The summed E-state index contributed by atoms with van der Waals surface area (Å²) in [4.78, 5) is 21.2. The third-order valence-corrected chi connectivity index (χ3v) is 3.83. The molecule has 0 radical (unpaired) electrons. The summed E-state index contributed by atoms with van der Waals surface area (Å²) in [5.74, 6) is -1.39. The van der Waals surface area contributed by atoms with Crippen LogP contribution in [0.3, 0.4) is 0 Å². The van der Waals surface area contributed by atoms with E-state index in [4.69, 9.17) is 19.9 Å². The molecular formula is C16H20F3N2O8+. The van der Waals surface area contributed by atoms with Gasteiger partial charge in [0.25, 0.3) is 0 Å². The van der Waals surface area contributed by atoms with E-state index in [0.29, 0.717) is 5.56 Å². The number of aryl methyl sites for hydroxylation is 2. The molecule has 10 nitrogen and oxygen atoms in total. The number of carbonyl (C=O) groups is 1. The third-order valence-electron chi connectivity index (χ3n) is 3.83. The molecule has 2 atom stereocenters. The second-order valence-electron chi connectivity index (χ2n) is 6.19. The molecule has 2 rings (SSSR count). The molecule has 5 N–H and O–H groups in total. The molecule has 0 aromatic heterocycles. The van der Waals surface area contributed by atoms with Gasteiger partial charge in [-0.05, 0) is 31.6 Å². The van der Waals surface area contributed by atoms with E-state index >= 15 is 0 Å². The minimum absolute atomic E-state index is 0.00144. The molecule has 0 bridgehead atoms. The van der Waals surface area contributed by atoms with Crippen molar-refractivity contribution >= 4 is 12.0 Å². The first-order chi connectivity index (χ1) is 13.5. The van der Waals surface area contributed by atoms with Gasteiger partial charge in [0.1, 0.15) is 12.4 Å². The number of hydrogen-bond acceptors (Lipinski definition) is 8. The Morgan fingerprint density at radius 2 is 2.03 bits per heavy atom.